The molecule has 3 heteroatoms. The standard InChI is InChI=1S/C10H14N2O/c1-3-10(13)12-8-4-5-9(11)7(2)6-8/h4-6H,3,11H2,1-2H3,(H,12,13). The third kappa shape index (κ3) is 2.47. The molecule has 0 heterocycles. The van der Waals surface area contributed by atoms with Crippen molar-refractivity contribution in [1.29, 1.82) is 0 Å². The molecule has 0 spiro atoms. The monoisotopic (exact) mass is 178 g/mol. The molecule has 0 aliphatic rings. The summed E-state index contributed by atoms with van der Waals surface area (Å²) in [5.74, 6) is 0.0178. The highest BCUT2D eigenvalue weighted by molar-refractivity contribution is 5.90. The van der Waals surface area contributed by atoms with E-state index in [1.165, 1.54) is 0 Å². The van der Waals surface area contributed by atoms with E-state index in [2.05, 4.69) is 5.32 Å². The molecule has 0 fully saturated rings. The van der Waals surface area contributed by atoms with Gasteiger partial charge in [0.05, 0.1) is 0 Å². The average molecular weight is 178 g/mol. The molecule has 0 unspecified atom stereocenters. The van der Waals surface area contributed by atoms with Gasteiger partial charge in [-0.1, -0.05) is 6.92 Å². The van der Waals surface area contributed by atoms with Crippen LogP contribution in [-0.4, -0.2) is 5.91 Å². The zero-order chi connectivity index (χ0) is 9.84. The Balaban J connectivity index is 2.79. The molecule has 1 aromatic carbocycles. The molecule has 0 aliphatic heterocycles. The summed E-state index contributed by atoms with van der Waals surface area (Å²) in [5.41, 5.74) is 8.17. The van der Waals surface area contributed by atoms with Crippen molar-refractivity contribution < 1.29 is 4.79 Å². The van der Waals surface area contributed by atoms with E-state index >= 15 is 0 Å². The van der Waals surface area contributed by atoms with Crippen molar-refractivity contribution in [2.45, 2.75) is 20.3 Å². The Morgan fingerprint density at radius 2 is 2.23 bits per heavy atom. The van der Waals surface area contributed by atoms with Gasteiger partial charge in [-0.3, -0.25) is 4.79 Å². The van der Waals surface area contributed by atoms with Crippen molar-refractivity contribution in [1.82, 2.24) is 0 Å². The zero-order valence-corrected chi connectivity index (χ0v) is 7.92. The van der Waals surface area contributed by atoms with Gasteiger partial charge in [-0.05, 0) is 30.7 Å². The van der Waals surface area contributed by atoms with Crippen LogP contribution in [0.3, 0.4) is 0 Å². The number of anilines is 2. The van der Waals surface area contributed by atoms with E-state index < -0.39 is 0 Å². The fourth-order valence-corrected chi connectivity index (χ4v) is 1.00. The molecule has 3 nitrogen and oxygen atoms in total. The van der Waals surface area contributed by atoms with Crippen molar-refractivity contribution in [2.75, 3.05) is 11.1 Å². The predicted octanol–water partition coefficient (Wildman–Crippen LogP) is 1.93. The minimum atomic E-state index is 0.0178. The van der Waals surface area contributed by atoms with Crippen molar-refractivity contribution >= 4 is 17.3 Å². The SMILES string of the molecule is CCC(=O)Nc1ccc(N)c(C)c1. The molecule has 0 atom stereocenters. The summed E-state index contributed by atoms with van der Waals surface area (Å²) in [5, 5.41) is 2.77. The molecule has 0 bridgehead atoms. The lowest BCUT2D eigenvalue weighted by Gasteiger charge is -2.05. The third-order valence-electron chi connectivity index (χ3n) is 1.87. The van der Waals surface area contributed by atoms with Crippen molar-refractivity contribution in [3.05, 3.63) is 23.8 Å². The lowest BCUT2D eigenvalue weighted by Crippen LogP contribution is -2.09. The number of hydrogen-bond donors (Lipinski definition) is 2. The molecule has 0 saturated heterocycles. The highest BCUT2D eigenvalue weighted by atomic mass is 16.1. The lowest BCUT2D eigenvalue weighted by molar-refractivity contribution is -0.115. The summed E-state index contributed by atoms with van der Waals surface area (Å²) < 4.78 is 0. The quantitative estimate of drug-likeness (QED) is 0.680. The number of amides is 1. The second-order valence-corrected chi connectivity index (χ2v) is 2.97. The fourth-order valence-electron chi connectivity index (χ4n) is 1.00. The summed E-state index contributed by atoms with van der Waals surface area (Å²) in [4.78, 5) is 11.0. The molecular weight excluding hydrogens is 164 g/mol. The maximum Gasteiger partial charge on any atom is 0.224 e. The Hall–Kier alpha value is -1.51. The zero-order valence-electron chi connectivity index (χ0n) is 7.92. The molecular formula is C10H14N2O. The van der Waals surface area contributed by atoms with Crippen LogP contribution in [0.2, 0.25) is 0 Å². The number of nitrogens with one attached hydrogen (secondary N) is 1. The first kappa shape index (κ1) is 9.58. The molecule has 0 saturated carbocycles. The Morgan fingerprint density at radius 3 is 2.77 bits per heavy atom. The first-order chi connectivity index (χ1) is 6.13. The van der Waals surface area contributed by atoms with E-state index in [1.54, 1.807) is 12.1 Å². The van der Waals surface area contributed by atoms with Gasteiger partial charge in [0, 0.05) is 17.8 Å². The van der Waals surface area contributed by atoms with E-state index in [1.807, 2.05) is 19.9 Å². The number of carbonyl (C=O) groups is 1. The van der Waals surface area contributed by atoms with Gasteiger partial charge < -0.3 is 11.1 Å². The van der Waals surface area contributed by atoms with Gasteiger partial charge in [-0.25, -0.2) is 0 Å². The second-order valence-electron chi connectivity index (χ2n) is 2.97. The first-order valence-electron chi connectivity index (χ1n) is 4.29. The van der Waals surface area contributed by atoms with Crippen LogP contribution >= 0.6 is 0 Å². The molecule has 3 N–H and O–H groups in total. The van der Waals surface area contributed by atoms with Crippen molar-refractivity contribution in [2.24, 2.45) is 0 Å². The summed E-state index contributed by atoms with van der Waals surface area (Å²) >= 11 is 0. The Labute approximate surface area is 77.9 Å². The van der Waals surface area contributed by atoms with Crippen LogP contribution in [0.5, 0.6) is 0 Å². The fraction of sp³-hybridized carbons (Fsp3) is 0.300. The number of nitrogen functional groups attached to an aromatic ring is 1. The van der Waals surface area contributed by atoms with Crippen molar-refractivity contribution in [3.8, 4) is 0 Å². The number of hydrogen-bond acceptors (Lipinski definition) is 2. The van der Waals surface area contributed by atoms with E-state index in [9.17, 15) is 4.79 Å². The topological polar surface area (TPSA) is 55.1 Å². The molecule has 1 aromatic rings. The van der Waals surface area contributed by atoms with Gasteiger partial charge in [0.2, 0.25) is 5.91 Å². The Kier molecular flexibility index (Phi) is 2.90. The summed E-state index contributed by atoms with van der Waals surface area (Å²) in [6.07, 6.45) is 0.490. The van der Waals surface area contributed by atoms with Gasteiger partial charge in [-0.15, -0.1) is 0 Å². The van der Waals surface area contributed by atoms with Crippen LogP contribution in [-0.2, 0) is 4.79 Å². The summed E-state index contributed by atoms with van der Waals surface area (Å²) in [7, 11) is 0. The minimum Gasteiger partial charge on any atom is -0.399 e. The molecule has 0 aromatic heterocycles. The van der Waals surface area contributed by atoms with Gasteiger partial charge in [0.25, 0.3) is 0 Å². The van der Waals surface area contributed by atoms with E-state index in [-0.39, 0.29) is 5.91 Å². The molecule has 13 heavy (non-hydrogen) atoms. The van der Waals surface area contributed by atoms with E-state index in [0.717, 1.165) is 16.9 Å². The summed E-state index contributed by atoms with van der Waals surface area (Å²) in [6, 6.07) is 5.46. The molecule has 1 rings (SSSR count). The molecule has 0 radical (unpaired) electrons. The number of carbonyl (C=O) groups excluding carboxylic acids is 1. The maximum atomic E-state index is 11.0. The van der Waals surface area contributed by atoms with Crippen LogP contribution in [0.25, 0.3) is 0 Å². The number of aryl methyl sites for hydroxylation is 1. The van der Waals surface area contributed by atoms with Gasteiger partial charge in [0.15, 0.2) is 0 Å². The number of rotatable bonds is 2. The lowest BCUT2D eigenvalue weighted by atomic mass is 10.2. The predicted molar refractivity (Wildman–Crippen MR) is 54.5 cm³/mol. The van der Waals surface area contributed by atoms with Gasteiger partial charge in [0.1, 0.15) is 0 Å². The normalized spacial score (nSPS) is 9.69. The largest absolute Gasteiger partial charge is 0.399 e. The first-order valence-corrected chi connectivity index (χ1v) is 4.29. The van der Waals surface area contributed by atoms with E-state index in [4.69, 9.17) is 5.73 Å². The third-order valence-corrected chi connectivity index (χ3v) is 1.87. The average Bonchev–Trinajstić information content (AvgIpc) is 2.11. The molecule has 0 aliphatic carbocycles. The Bertz CT molecular complexity index is 321. The van der Waals surface area contributed by atoms with E-state index in [0.29, 0.717) is 6.42 Å². The van der Waals surface area contributed by atoms with Crippen LogP contribution in [0.1, 0.15) is 18.9 Å². The molecule has 70 valence electrons. The maximum absolute atomic E-state index is 11.0. The Morgan fingerprint density at radius 1 is 1.54 bits per heavy atom. The van der Waals surface area contributed by atoms with Gasteiger partial charge in [-0.2, -0.15) is 0 Å². The van der Waals surface area contributed by atoms with Crippen molar-refractivity contribution in [3.63, 3.8) is 0 Å². The highest BCUT2D eigenvalue weighted by Gasteiger charge is 1.99. The number of nitrogens with two attached hydrogens (primary N) is 1. The van der Waals surface area contributed by atoms with Crippen LogP contribution in [0.15, 0.2) is 18.2 Å². The van der Waals surface area contributed by atoms with Gasteiger partial charge >= 0.3 is 0 Å². The number of benzene rings is 1. The van der Waals surface area contributed by atoms with Crippen LogP contribution in [0.4, 0.5) is 11.4 Å². The highest BCUT2D eigenvalue weighted by Crippen LogP contribution is 2.16. The van der Waals surface area contributed by atoms with Crippen LogP contribution < -0.4 is 11.1 Å². The summed E-state index contributed by atoms with van der Waals surface area (Å²) in [6.45, 7) is 3.73. The molecule has 1 amide bonds. The second kappa shape index (κ2) is 3.94. The smallest absolute Gasteiger partial charge is 0.224 e. The minimum absolute atomic E-state index is 0.0178. The van der Waals surface area contributed by atoms with Crippen LogP contribution in [0, 0.1) is 6.92 Å².